The van der Waals surface area contributed by atoms with Crippen LogP contribution in [0.1, 0.15) is 19.4 Å². The van der Waals surface area contributed by atoms with Crippen molar-refractivity contribution in [1.82, 2.24) is 0 Å². The Morgan fingerprint density at radius 3 is 2.73 bits per heavy atom. The molecule has 0 unspecified atom stereocenters. The molecule has 1 aromatic carbocycles. The third-order valence-electron chi connectivity index (χ3n) is 1.99. The number of nitro benzene ring substituents is 1. The second-order valence-electron chi connectivity index (χ2n) is 3.56. The van der Waals surface area contributed by atoms with E-state index in [0.29, 0.717) is 12.0 Å². The Labute approximate surface area is 88.0 Å². The van der Waals surface area contributed by atoms with Gasteiger partial charge in [-0.1, -0.05) is 11.6 Å². The van der Waals surface area contributed by atoms with E-state index in [1.807, 2.05) is 19.9 Å². The number of aromatic hydroxyl groups is 1. The molecule has 80 valence electrons. The van der Waals surface area contributed by atoms with Gasteiger partial charge in [-0.15, -0.1) is 0 Å². The maximum absolute atomic E-state index is 10.7. The number of phenols is 1. The minimum Gasteiger partial charge on any atom is -0.508 e. The zero-order chi connectivity index (χ0) is 11.4. The van der Waals surface area contributed by atoms with Gasteiger partial charge in [0.1, 0.15) is 5.75 Å². The van der Waals surface area contributed by atoms with Gasteiger partial charge in [0.15, 0.2) is 0 Å². The van der Waals surface area contributed by atoms with Crippen LogP contribution in [0.5, 0.6) is 5.75 Å². The number of phenolic OH excluding ortho intramolecular Hbond substituents is 1. The van der Waals surface area contributed by atoms with E-state index in [-0.39, 0.29) is 11.4 Å². The van der Waals surface area contributed by atoms with Crippen LogP contribution in [-0.4, -0.2) is 10.0 Å². The molecule has 0 amide bonds. The summed E-state index contributed by atoms with van der Waals surface area (Å²) >= 11 is 0. The molecule has 4 heteroatoms. The molecular weight excluding hydrogens is 194 g/mol. The van der Waals surface area contributed by atoms with Crippen molar-refractivity contribution >= 4 is 5.69 Å². The van der Waals surface area contributed by atoms with Gasteiger partial charge in [0.2, 0.25) is 0 Å². The fraction of sp³-hybridized carbons (Fsp3) is 0.273. The Hall–Kier alpha value is -1.84. The van der Waals surface area contributed by atoms with Crippen LogP contribution in [-0.2, 0) is 6.42 Å². The maximum atomic E-state index is 10.7. The molecule has 0 aromatic heterocycles. The van der Waals surface area contributed by atoms with Crippen LogP contribution in [0.25, 0.3) is 0 Å². The summed E-state index contributed by atoms with van der Waals surface area (Å²) < 4.78 is 0. The highest BCUT2D eigenvalue weighted by Gasteiger charge is 2.12. The number of benzene rings is 1. The van der Waals surface area contributed by atoms with E-state index in [4.69, 9.17) is 0 Å². The van der Waals surface area contributed by atoms with Crippen molar-refractivity contribution in [3.05, 3.63) is 45.5 Å². The number of rotatable bonds is 3. The first kappa shape index (κ1) is 11.2. The highest BCUT2D eigenvalue weighted by Crippen LogP contribution is 2.24. The lowest BCUT2D eigenvalue weighted by atomic mass is 10.1. The largest absolute Gasteiger partial charge is 0.508 e. The molecule has 0 aliphatic heterocycles. The molecule has 1 rings (SSSR count). The van der Waals surface area contributed by atoms with Crippen LogP contribution in [0.3, 0.4) is 0 Å². The molecule has 15 heavy (non-hydrogen) atoms. The molecule has 0 aliphatic rings. The van der Waals surface area contributed by atoms with Gasteiger partial charge in [-0.25, -0.2) is 0 Å². The fourth-order valence-electron chi connectivity index (χ4n) is 1.23. The first-order chi connectivity index (χ1) is 7.00. The van der Waals surface area contributed by atoms with Crippen LogP contribution in [0, 0.1) is 10.1 Å². The average Bonchev–Trinajstić information content (AvgIpc) is 2.14. The number of nitro groups is 1. The smallest absolute Gasteiger partial charge is 0.273 e. The Morgan fingerprint density at radius 1 is 1.53 bits per heavy atom. The van der Waals surface area contributed by atoms with Crippen molar-refractivity contribution in [2.45, 2.75) is 20.3 Å². The predicted octanol–water partition coefficient (Wildman–Crippen LogP) is 2.81. The Kier molecular flexibility index (Phi) is 3.44. The lowest BCUT2D eigenvalue weighted by Gasteiger charge is -2.01. The minimum absolute atomic E-state index is 0.0466. The third-order valence-corrected chi connectivity index (χ3v) is 1.99. The summed E-state index contributed by atoms with van der Waals surface area (Å²) in [6.07, 6.45) is 2.36. The van der Waals surface area contributed by atoms with Crippen LogP contribution in [0.4, 0.5) is 5.69 Å². The Morgan fingerprint density at radius 2 is 2.20 bits per heavy atom. The molecule has 0 radical (unpaired) electrons. The molecule has 0 heterocycles. The van der Waals surface area contributed by atoms with Gasteiger partial charge in [0.25, 0.3) is 5.69 Å². The Bertz CT molecular complexity index is 406. The second-order valence-corrected chi connectivity index (χ2v) is 3.56. The molecular formula is C11H13NO3. The van der Waals surface area contributed by atoms with Crippen LogP contribution >= 0.6 is 0 Å². The molecule has 1 aromatic rings. The second kappa shape index (κ2) is 4.59. The Balaban J connectivity index is 3.07. The standard InChI is InChI=1S/C11H13NO3/c1-8(2)3-4-9-7-10(13)5-6-11(9)12(14)15/h3,5-7,13H,4H2,1-2H3. The summed E-state index contributed by atoms with van der Waals surface area (Å²) in [5.74, 6) is 0.0535. The first-order valence-corrected chi connectivity index (χ1v) is 4.60. The van der Waals surface area contributed by atoms with E-state index in [1.54, 1.807) is 0 Å². The number of allylic oxidation sites excluding steroid dienone is 2. The fourth-order valence-corrected chi connectivity index (χ4v) is 1.23. The van der Waals surface area contributed by atoms with E-state index in [0.717, 1.165) is 5.57 Å². The van der Waals surface area contributed by atoms with E-state index in [9.17, 15) is 15.2 Å². The van der Waals surface area contributed by atoms with Crippen LogP contribution in [0.2, 0.25) is 0 Å². The summed E-state index contributed by atoms with van der Waals surface area (Å²) in [5.41, 5.74) is 1.67. The SMILES string of the molecule is CC(C)=CCc1cc(O)ccc1[N+](=O)[O-]. The molecule has 4 nitrogen and oxygen atoms in total. The number of hydrogen-bond acceptors (Lipinski definition) is 3. The van der Waals surface area contributed by atoms with Crippen LogP contribution < -0.4 is 0 Å². The van der Waals surface area contributed by atoms with Gasteiger partial charge in [-0.3, -0.25) is 10.1 Å². The zero-order valence-electron chi connectivity index (χ0n) is 8.73. The summed E-state index contributed by atoms with van der Waals surface area (Å²) in [5, 5.41) is 19.9. The topological polar surface area (TPSA) is 63.4 Å². The van der Waals surface area contributed by atoms with Gasteiger partial charge in [0, 0.05) is 11.6 Å². The third kappa shape index (κ3) is 3.09. The monoisotopic (exact) mass is 207 g/mol. The lowest BCUT2D eigenvalue weighted by Crippen LogP contribution is -1.94. The number of nitrogens with zero attached hydrogens (tertiary/aromatic N) is 1. The molecule has 1 N–H and O–H groups in total. The van der Waals surface area contributed by atoms with Crippen molar-refractivity contribution in [2.75, 3.05) is 0 Å². The highest BCUT2D eigenvalue weighted by molar-refractivity contribution is 5.45. The van der Waals surface area contributed by atoms with Gasteiger partial charge in [0.05, 0.1) is 4.92 Å². The summed E-state index contributed by atoms with van der Waals surface area (Å²) in [7, 11) is 0. The lowest BCUT2D eigenvalue weighted by molar-refractivity contribution is -0.385. The van der Waals surface area contributed by atoms with Gasteiger partial charge in [-0.05, 0) is 32.4 Å². The quantitative estimate of drug-likeness (QED) is 0.471. The van der Waals surface area contributed by atoms with E-state index >= 15 is 0 Å². The molecule has 0 saturated carbocycles. The van der Waals surface area contributed by atoms with Crippen molar-refractivity contribution in [1.29, 1.82) is 0 Å². The zero-order valence-corrected chi connectivity index (χ0v) is 8.73. The maximum Gasteiger partial charge on any atom is 0.273 e. The van der Waals surface area contributed by atoms with E-state index < -0.39 is 4.92 Å². The molecule has 0 atom stereocenters. The van der Waals surface area contributed by atoms with Crippen molar-refractivity contribution in [3.8, 4) is 5.75 Å². The average molecular weight is 207 g/mol. The first-order valence-electron chi connectivity index (χ1n) is 4.60. The number of hydrogen-bond donors (Lipinski definition) is 1. The van der Waals surface area contributed by atoms with Crippen molar-refractivity contribution in [3.63, 3.8) is 0 Å². The summed E-state index contributed by atoms with van der Waals surface area (Å²) in [4.78, 5) is 10.2. The molecule has 0 bridgehead atoms. The van der Waals surface area contributed by atoms with E-state index in [2.05, 4.69) is 0 Å². The van der Waals surface area contributed by atoms with Crippen molar-refractivity contribution in [2.24, 2.45) is 0 Å². The molecule has 0 saturated heterocycles. The van der Waals surface area contributed by atoms with Gasteiger partial charge >= 0.3 is 0 Å². The predicted molar refractivity (Wildman–Crippen MR) is 57.9 cm³/mol. The van der Waals surface area contributed by atoms with Crippen molar-refractivity contribution < 1.29 is 10.0 Å². The van der Waals surface area contributed by atoms with Crippen LogP contribution in [0.15, 0.2) is 29.8 Å². The van der Waals surface area contributed by atoms with Gasteiger partial charge in [-0.2, -0.15) is 0 Å². The summed E-state index contributed by atoms with van der Waals surface area (Å²) in [6.45, 7) is 3.85. The molecule has 0 fully saturated rings. The molecule has 0 aliphatic carbocycles. The normalized spacial score (nSPS) is 9.73. The summed E-state index contributed by atoms with van der Waals surface area (Å²) in [6, 6.07) is 4.07. The highest BCUT2D eigenvalue weighted by atomic mass is 16.6. The van der Waals surface area contributed by atoms with Gasteiger partial charge < -0.3 is 5.11 Å². The van der Waals surface area contributed by atoms with E-state index in [1.165, 1.54) is 18.2 Å². The molecule has 0 spiro atoms. The minimum atomic E-state index is -0.437.